The Balaban J connectivity index is 4.92. The third kappa shape index (κ3) is 17.4. The number of hydrogen-bond acceptors (Lipinski definition) is 4. The molecule has 0 aliphatic heterocycles. The van der Waals surface area contributed by atoms with E-state index in [9.17, 15) is 29.7 Å². The Bertz CT molecular complexity index is 632. The van der Waals surface area contributed by atoms with Gasteiger partial charge in [0, 0.05) is 5.92 Å². The van der Waals surface area contributed by atoms with Gasteiger partial charge in [-0.3, -0.25) is 9.59 Å². The zero-order chi connectivity index (χ0) is 29.5. The Morgan fingerprint density at radius 1 is 0.615 bits per heavy atom. The predicted molar refractivity (Wildman–Crippen MR) is 156 cm³/mol. The molecule has 0 rings (SSSR count). The third-order valence-electron chi connectivity index (χ3n) is 8.24. The van der Waals surface area contributed by atoms with Gasteiger partial charge in [0.15, 0.2) is 0 Å². The van der Waals surface area contributed by atoms with E-state index in [2.05, 4.69) is 19.1 Å². The maximum atomic E-state index is 11.9. The number of carboxylic acid groups (broad SMARTS) is 3. The summed E-state index contributed by atoms with van der Waals surface area (Å²) in [6, 6.07) is 0. The summed E-state index contributed by atoms with van der Waals surface area (Å²) >= 11 is 0. The number of allylic oxidation sites excluding steroid dienone is 2. The molecular formula is C32H59NO6. The first-order valence-electron chi connectivity index (χ1n) is 15.8. The summed E-state index contributed by atoms with van der Waals surface area (Å²) < 4.78 is 0.219. The van der Waals surface area contributed by atoms with Gasteiger partial charge in [0.2, 0.25) is 0 Å². The molecule has 39 heavy (non-hydrogen) atoms. The smallest absolute Gasteiger partial charge is 0.312 e. The Morgan fingerprint density at radius 3 is 1.36 bits per heavy atom. The average Bonchev–Trinajstić information content (AvgIpc) is 2.90. The van der Waals surface area contributed by atoms with Crippen LogP contribution in [0.15, 0.2) is 12.2 Å². The van der Waals surface area contributed by atoms with Crippen LogP contribution in [0.4, 0.5) is 0 Å². The van der Waals surface area contributed by atoms with Crippen molar-refractivity contribution in [3.05, 3.63) is 12.2 Å². The second-order valence-corrected chi connectivity index (χ2v) is 11.5. The first-order valence-corrected chi connectivity index (χ1v) is 15.8. The largest absolute Gasteiger partial charge is 0.550 e. The van der Waals surface area contributed by atoms with Crippen LogP contribution in [-0.2, 0) is 14.4 Å². The van der Waals surface area contributed by atoms with Crippen molar-refractivity contribution in [3.8, 4) is 0 Å². The second-order valence-electron chi connectivity index (χ2n) is 11.5. The number of aliphatic carboxylic acids is 3. The molecule has 0 aromatic heterocycles. The van der Waals surface area contributed by atoms with Crippen LogP contribution in [-0.4, -0.2) is 58.8 Å². The van der Waals surface area contributed by atoms with E-state index >= 15 is 0 Å². The standard InChI is InChI=1S/C32H59NO6/c1-5-9-10-11-12-13-14-15-16-17-18-19-20-21-22-23-33(24-27(6-2)30(34)35,25-28(7-3)31(36)37)26-29(8-4)32(38)39/h9-10,27-29H,5-8,11-26H2,1-4H3,(H2-,34,35,36,37,38,39)/b10-9+. The van der Waals surface area contributed by atoms with E-state index in [0.29, 0.717) is 25.8 Å². The molecule has 0 fully saturated rings. The Hall–Kier alpha value is -1.89. The molecule has 0 bridgehead atoms. The fourth-order valence-electron chi connectivity index (χ4n) is 5.62. The Labute approximate surface area is 238 Å². The third-order valence-corrected chi connectivity index (χ3v) is 8.24. The van der Waals surface area contributed by atoms with Gasteiger partial charge in [-0.15, -0.1) is 0 Å². The van der Waals surface area contributed by atoms with Crippen LogP contribution in [0.1, 0.15) is 130 Å². The molecule has 0 heterocycles. The van der Waals surface area contributed by atoms with Gasteiger partial charge in [0.25, 0.3) is 0 Å². The summed E-state index contributed by atoms with van der Waals surface area (Å²) in [7, 11) is 0. The lowest BCUT2D eigenvalue weighted by Crippen LogP contribution is -2.59. The SMILES string of the molecule is CC/C=C/CCCCCCCCCCCCC[N+](CC(CC)C(=O)[O-])(CC(CC)C(=O)O)CC(CC)C(=O)O. The second kappa shape index (κ2) is 22.9. The number of unbranched alkanes of at least 4 members (excludes halogenated alkanes) is 11. The van der Waals surface area contributed by atoms with Crippen LogP contribution in [0.25, 0.3) is 0 Å². The van der Waals surface area contributed by atoms with Crippen molar-refractivity contribution in [1.29, 1.82) is 0 Å². The van der Waals surface area contributed by atoms with Gasteiger partial charge in [-0.2, -0.15) is 0 Å². The van der Waals surface area contributed by atoms with Crippen LogP contribution < -0.4 is 5.11 Å². The van der Waals surface area contributed by atoms with Gasteiger partial charge >= 0.3 is 11.9 Å². The lowest BCUT2D eigenvalue weighted by molar-refractivity contribution is -0.935. The first-order chi connectivity index (χ1) is 18.7. The molecule has 0 amide bonds. The molecule has 0 aliphatic rings. The van der Waals surface area contributed by atoms with Crippen LogP contribution in [0.3, 0.4) is 0 Å². The number of quaternary nitrogens is 1. The van der Waals surface area contributed by atoms with E-state index in [4.69, 9.17) is 0 Å². The summed E-state index contributed by atoms with van der Waals surface area (Å²) in [6.07, 6.45) is 21.1. The number of carboxylic acids is 3. The molecule has 7 nitrogen and oxygen atoms in total. The minimum absolute atomic E-state index is 0.219. The molecule has 7 heteroatoms. The van der Waals surface area contributed by atoms with Crippen LogP contribution >= 0.6 is 0 Å². The van der Waals surface area contributed by atoms with Gasteiger partial charge in [-0.25, -0.2) is 0 Å². The minimum atomic E-state index is -1.14. The fraction of sp³-hybridized carbons (Fsp3) is 0.844. The quantitative estimate of drug-likeness (QED) is 0.0686. The predicted octanol–water partition coefficient (Wildman–Crippen LogP) is 6.45. The lowest BCUT2D eigenvalue weighted by Gasteiger charge is -2.44. The topological polar surface area (TPSA) is 115 Å². The normalized spacial score (nSPS) is 15.6. The average molecular weight is 554 g/mol. The van der Waals surface area contributed by atoms with E-state index in [1.807, 2.05) is 13.8 Å². The molecule has 0 aliphatic carbocycles. The Morgan fingerprint density at radius 2 is 1.00 bits per heavy atom. The van der Waals surface area contributed by atoms with E-state index in [1.165, 1.54) is 51.4 Å². The van der Waals surface area contributed by atoms with Crippen molar-refractivity contribution in [2.45, 2.75) is 130 Å². The number of carbonyl (C=O) groups excluding carboxylic acids is 1. The van der Waals surface area contributed by atoms with Crippen LogP contribution in [0.2, 0.25) is 0 Å². The van der Waals surface area contributed by atoms with Crippen molar-refractivity contribution in [3.63, 3.8) is 0 Å². The molecule has 228 valence electrons. The number of nitrogens with zero attached hydrogens (tertiary/aromatic N) is 1. The highest BCUT2D eigenvalue weighted by Gasteiger charge is 2.39. The Kier molecular flexibility index (Phi) is 21.8. The fourth-order valence-corrected chi connectivity index (χ4v) is 5.62. The molecule has 0 saturated carbocycles. The van der Waals surface area contributed by atoms with Crippen molar-refractivity contribution < 1.29 is 34.2 Å². The summed E-state index contributed by atoms with van der Waals surface area (Å²) in [6.45, 7) is 8.95. The van der Waals surface area contributed by atoms with Gasteiger partial charge in [-0.1, -0.05) is 91.2 Å². The molecule has 0 radical (unpaired) electrons. The first kappa shape index (κ1) is 37.1. The molecular weight excluding hydrogens is 494 g/mol. The van der Waals surface area contributed by atoms with E-state index < -0.39 is 35.7 Å². The van der Waals surface area contributed by atoms with E-state index in [1.54, 1.807) is 6.92 Å². The summed E-state index contributed by atoms with van der Waals surface area (Å²) in [5.41, 5.74) is 0. The molecule has 0 aromatic carbocycles. The summed E-state index contributed by atoms with van der Waals surface area (Å²) in [5, 5.41) is 31.4. The van der Waals surface area contributed by atoms with Crippen molar-refractivity contribution in [2.24, 2.45) is 17.8 Å². The zero-order valence-electron chi connectivity index (χ0n) is 25.5. The van der Waals surface area contributed by atoms with E-state index in [-0.39, 0.29) is 24.1 Å². The lowest BCUT2D eigenvalue weighted by atomic mass is 9.95. The highest BCUT2D eigenvalue weighted by atomic mass is 16.4. The van der Waals surface area contributed by atoms with Crippen molar-refractivity contribution in [2.75, 3.05) is 26.2 Å². The molecule has 0 saturated heterocycles. The zero-order valence-corrected chi connectivity index (χ0v) is 25.5. The van der Waals surface area contributed by atoms with Crippen LogP contribution in [0, 0.1) is 17.8 Å². The molecule has 0 aromatic rings. The highest BCUT2D eigenvalue weighted by molar-refractivity contribution is 5.70. The van der Waals surface area contributed by atoms with E-state index in [0.717, 1.165) is 32.1 Å². The van der Waals surface area contributed by atoms with Crippen molar-refractivity contribution in [1.82, 2.24) is 0 Å². The monoisotopic (exact) mass is 553 g/mol. The van der Waals surface area contributed by atoms with Gasteiger partial charge in [0.05, 0.1) is 32.1 Å². The van der Waals surface area contributed by atoms with Crippen molar-refractivity contribution >= 4 is 17.9 Å². The number of carbonyl (C=O) groups is 3. The maximum Gasteiger partial charge on any atom is 0.312 e. The van der Waals surface area contributed by atoms with Crippen LogP contribution in [0.5, 0.6) is 0 Å². The molecule has 3 atom stereocenters. The molecule has 3 unspecified atom stereocenters. The van der Waals surface area contributed by atoms with Gasteiger partial charge < -0.3 is 24.6 Å². The molecule has 2 N–H and O–H groups in total. The summed E-state index contributed by atoms with van der Waals surface area (Å²) in [4.78, 5) is 35.7. The highest BCUT2D eigenvalue weighted by Crippen LogP contribution is 2.25. The maximum absolute atomic E-state index is 11.9. The van der Waals surface area contributed by atoms with Gasteiger partial charge in [-0.05, 0) is 51.4 Å². The van der Waals surface area contributed by atoms with Gasteiger partial charge in [0.1, 0.15) is 11.8 Å². The molecule has 0 spiro atoms. The minimum Gasteiger partial charge on any atom is -0.550 e. The number of hydrogen-bond donors (Lipinski definition) is 2. The number of rotatable bonds is 27. The summed E-state index contributed by atoms with van der Waals surface area (Å²) in [5.74, 6) is -4.95.